The largest absolute Gasteiger partial charge is 0.489 e. The van der Waals surface area contributed by atoms with Crippen LogP contribution in [0.15, 0.2) is 60.7 Å². The van der Waals surface area contributed by atoms with Crippen molar-refractivity contribution in [3.8, 4) is 5.75 Å². The van der Waals surface area contributed by atoms with Crippen LogP contribution in [0.4, 0.5) is 0 Å². The van der Waals surface area contributed by atoms with Crippen LogP contribution in [0.25, 0.3) is 0 Å². The lowest BCUT2D eigenvalue weighted by Crippen LogP contribution is -2.36. The summed E-state index contributed by atoms with van der Waals surface area (Å²) >= 11 is 0. The molecule has 0 aliphatic carbocycles. The van der Waals surface area contributed by atoms with Crippen LogP contribution in [0.1, 0.15) is 57.7 Å². The van der Waals surface area contributed by atoms with Gasteiger partial charge in [0.1, 0.15) is 18.5 Å². The van der Waals surface area contributed by atoms with Crippen LogP contribution < -0.4 is 4.74 Å². The first kappa shape index (κ1) is 24.0. The van der Waals surface area contributed by atoms with Gasteiger partial charge in [0.15, 0.2) is 0 Å². The summed E-state index contributed by atoms with van der Waals surface area (Å²) in [6.07, 6.45) is 0.147. The quantitative estimate of drug-likeness (QED) is 0.459. The molecule has 0 aromatic heterocycles. The van der Waals surface area contributed by atoms with Crippen molar-refractivity contribution in [2.24, 2.45) is 0 Å². The van der Waals surface area contributed by atoms with Gasteiger partial charge >= 0.3 is 5.97 Å². The number of hydrogen-bond acceptors (Lipinski definition) is 4. The lowest BCUT2D eigenvalue weighted by atomic mass is 9.84. The summed E-state index contributed by atoms with van der Waals surface area (Å²) < 4.78 is 11.7. The van der Waals surface area contributed by atoms with E-state index in [0.717, 1.165) is 23.3 Å². The second-order valence-corrected chi connectivity index (χ2v) is 9.66. The van der Waals surface area contributed by atoms with E-state index < -0.39 is 12.2 Å². The summed E-state index contributed by atoms with van der Waals surface area (Å²) in [6, 6.07) is 21.8. The maximum Gasteiger partial charge on any atom is 0.308 e. The summed E-state index contributed by atoms with van der Waals surface area (Å²) in [7, 11) is 0. The second kappa shape index (κ2) is 10.4. The molecule has 0 unspecified atom stereocenters. The second-order valence-electron chi connectivity index (χ2n) is 9.66. The Morgan fingerprint density at radius 2 is 1.50 bits per heavy atom. The fourth-order valence-electron chi connectivity index (χ4n) is 4.79. The summed E-state index contributed by atoms with van der Waals surface area (Å²) in [5.41, 5.74) is 8.39. The van der Waals surface area contributed by atoms with Crippen LogP contribution in [0.3, 0.4) is 0 Å². The van der Waals surface area contributed by atoms with Gasteiger partial charge in [0.2, 0.25) is 0 Å². The molecule has 0 bridgehead atoms. The molecule has 34 heavy (non-hydrogen) atoms. The molecule has 0 saturated carbocycles. The van der Waals surface area contributed by atoms with E-state index in [1.807, 2.05) is 0 Å². The van der Waals surface area contributed by atoms with Crippen LogP contribution in [-0.4, -0.2) is 29.9 Å². The molecule has 0 radical (unpaired) electrons. The minimum Gasteiger partial charge on any atom is -0.489 e. The van der Waals surface area contributed by atoms with E-state index in [2.05, 4.69) is 88.4 Å². The maximum absolute atomic E-state index is 11.7. The maximum atomic E-state index is 11.7. The number of cyclic esters (lactones) is 1. The van der Waals surface area contributed by atoms with E-state index >= 15 is 0 Å². The molecule has 1 saturated heterocycles. The molecule has 1 aliphatic heterocycles. The van der Waals surface area contributed by atoms with Gasteiger partial charge < -0.3 is 14.6 Å². The van der Waals surface area contributed by atoms with Gasteiger partial charge in [0, 0.05) is 12.3 Å². The van der Waals surface area contributed by atoms with Crippen molar-refractivity contribution in [2.45, 2.75) is 65.1 Å². The standard InChI is InChI=1S/C30H34O4/c1-19-5-9-23(10-6-19)28(24-11-7-20(2)8-12-24)15-25-14-21(3)13-22(4)30(25)33-18-27-16-26(31)17-29(32)34-27/h5-14,26-28,31H,15-18H2,1-4H3/t26-,27+/m1/s1. The van der Waals surface area contributed by atoms with Gasteiger partial charge in [-0.25, -0.2) is 0 Å². The summed E-state index contributed by atoms with van der Waals surface area (Å²) in [5, 5.41) is 9.95. The van der Waals surface area contributed by atoms with E-state index in [1.54, 1.807) is 0 Å². The Hall–Kier alpha value is -3.11. The number of aryl methyl sites for hydroxylation is 4. The molecule has 3 aromatic carbocycles. The molecule has 0 spiro atoms. The molecular weight excluding hydrogens is 424 g/mol. The van der Waals surface area contributed by atoms with Crippen molar-refractivity contribution in [3.05, 3.63) is 99.6 Å². The van der Waals surface area contributed by atoms with Crippen molar-refractivity contribution >= 4 is 5.97 Å². The number of benzene rings is 3. The number of rotatable bonds is 7. The van der Waals surface area contributed by atoms with Crippen LogP contribution in [0.2, 0.25) is 0 Å². The molecular formula is C30H34O4. The number of carbonyl (C=O) groups excluding carboxylic acids is 1. The van der Waals surface area contributed by atoms with E-state index in [1.165, 1.54) is 27.8 Å². The SMILES string of the molecule is Cc1ccc(C(Cc2cc(C)cc(C)c2OC[C@@H]2C[C@@H](O)CC(=O)O2)c2ccc(C)cc2)cc1. The normalized spacial score (nSPS) is 18.1. The topological polar surface area (TPSA) is 55.8 Å². The van der Waals surface area contributed by atoms with Crippen molar-refractivity contribution in [2.75, 3.05) is 6.61 Å². The van der Waals surface area contributed by atoms with Crippen molar-refractivity contribution < 1.29 is 19.4 Å². The molecule has 4 heteroatoms. The van der Waals surface area contributed by atoms with Gasteiger partial charge in [-0.1, -0.05) is 77.4 Å². The first-order valence-corrected chi connectivity index (χ1v) is 12.0. The van der Waals surface area contributed by atoms with Crippen LogP contribution in [0.5, 0.6) is 5.75 Å². The Morgan fingerprint density at radius 3 is 2.06 bits per heavy atom. The van der Waals surface area contributed by atoms with Crippen LogP contribution >= 0.6 is 0 Å². The van der Waals surface area contributed by atoms with Crippen LogP contribution in [-0.2, 0) is 16.0 Å². The predicted octanol–water partition coefficient (Wildman–Crippen LogP) is 5.74. The fraction of sp³-hybridized carbons (Fsp3) is 0.367. The fourth-order valence-corrected chi connectivity index (χ4v) is 4.79. The Morgan fingerprint density at radius 1 is 0.912 bits per heavy atom. The third kappa shape index (κ3) is 5.87. The van der Waals surface area contributed by atoms with Gasteiger partial charge in [-0.3, -0.25) is 4.79 Å². The minimum atomic E-state index is -0.666. The average Bonchev–Trinajstić information content (AvgIpc) is 2.77. The van der Waals surface area contributed by atoms with Gasteiger partial charge in [-0.05, 0) is 56.4 Å². The van der Waals surface area contributed by atoms with Crippen molar-refractivity contribution in [3.63, 3.8) is 0 Å². The third-order valence-corrected chi connectivity index (χ3v) is 6.53. The lowest BCUT2D eigenvalue weighted by molar-refractivity contribution is -0.162. The molecule has 4 nitrogen and oxygen atoms in total. The Bertz CT molecular complexity index is 1090. The highest BCUT2D eigenvalue weighted by Crippen LogP contribution is 2.35. The molecule has 1 N–H and O–H groups in total. The Kier molecular flexibility index (Phi) is 7.38. The summed E-state index contributed by atoms with van der Waals surface area (Å²) in [6.45, 7) is 8.61. The first-order chi connectivity index (χ1) is 16.3. The lowest BCUT2D eigenvalue weighted by Gasteiger charge is -2.27. The average molecular weight is 459 g/mol. The zero-order valence-electron chi connectivity index (χ0n) is 20.5. The number of aliphatic hydroxyl groups excluding tert-OH is 1. The van der Waals surface area contributed by atoms with Gasteiger partial charge in [-0.15, -0.1) is 0 Å². The van der Waals surface area contributed by atoms with Crippen LogP contribution in [0, 0.1) is 27.7 Å². The zero-order chi connectivity index (χ0) is 24.2. The molecule has 2 atom stereocenters. The Labute approximate surface area is 202 Å². The molecule has 1 heterocycles. The molecule has 0 amide bonds. The molecule has 178 valence electrons. The highest BCUT2D eigenvalue weighted by Gasteiger charge is 2.28. The van der Waals surface area contributed by atoms with Crippen molar-refractivity contribution in [1.82, 2.24) is 0 Å². The Balaban J connectivity index is 1.65. The van der Waals surface area contributed by atoms with Gasteiger partial charge in [0.25, 0.3) is 0 Å². The number of esters is 1. The summed E-state index contributed by atoms with van der Waals surface area (Å²) in [4.78, 5) is 11.7. The third-order valence-electron chi connectivity index (χ3n) is 6.53. The molecule has 4 rings (SSSR count). The molecule has 1 fully saturated rings. The molecule has 1 aliphatic rings. The highest BCUT2D eigenvalue weighted by atomic mass is 16.6. The first-order valence-electron chi connectivity index (χ1n) is 12.0. The summed E-state index contributed by atoms with van der Waals surface area (Å²) in [5.74, 6) is 0.650. The van der Waals surface area contributed by atoms with E-state index in [0.29, 0.717) is 6.42 Å². The van der Waals surface area contributed by atoms with Gasteiger partial charge in [-0.2, -0.15) is 0 Å². The number of ether oxygens (including phenoxy) is 2. The minimum absolute atomic E-state index is 0.0556. The van der Waals surface area contributed by atoms with Gasteiger partial charge in [0.05, 0.1) is 12.5 Å². The van der Waals surface area contributed by atoms with Crippen molar-refractivity contribution in [1.29, 1.82) is 0 Å². The number of aliphatic hydroxyl groups is 1. The van der Waals surface area contributed by atoms with E-state index in [-0.39, 0.29) is 24.9 Å². The monoisotopic (exact) mass is 458 g/mol. The smallest absolute Gasteiger partial charge is 0.308 e. The van der Waals surface area contributed by atoms with E-state index in [4.69, 9.17) is 9.47 Å². The number of carbonyl (C=O) groups is 1. The predicted molar refractivity (Wildman–Crippen MR) is 134 cm³/mol. The number of hydrogen-bond donors (Lipinski definition) is 1. The van der Waals surface area contributed by atoms with E-state index in [9.17, 15) is 9.90 Å². The zero-order valence-corrected chi connectivity index (χ0v) is 20.5. The highest BCUT2D eigenvalue weighted by molar-refractivity contribution is 5.71. The molecule has 3 aromatic rings.